The predicted octanol–water partition coefficient (Wildman–Crippen LogP) is 5.61. The fraction of sp³-hybridized carbons (Fsp3) is 0.0909. The Bertz CT molecular complexity index is 1310. The number of hydrogen-bond acceptors (Lipinski definition) is 2. The molecule has 0 bridgehead atoms. The molecule has 0 saturated carbocycles. The highest BCUT2D eigenvalue weighted by molar-refractivity contribution is 6.29. The zero-order chi connectivity index (χ0) is 18.5. The average Bonchev–Trinajstić information content (AvgIpc) is 3.21. The molecule has 0 N–H and O–H groups in total. The lowest BCUT2D eigenvalue weighted by molar-refractivity contribution is 0.936. The van der Waals surface area contributed by atoms with Gasteiger partial charge in [0.15, 0.2) is 10.8 Å². The summed E-state index contributed by atoms with van der Waals surface area (Å²) in [7, 11) is 0. The quantitative estimate of drug-likeness (QED) is 0.403. The Morgan fingerprint density at radius 1 is 0.889 bits per heavy atom. The zero-order valence-corrected chi connectivity index (χ0v) is 15.8. The van der Waals surface area contributed by atoms with Crippen molar-refractivity contribution in [2.45, 2.75) is 13.8 Å². The van der Waals surface area contributed by atoms with E-state index in [1.54, 1.807) is 4.52 Å². The Kier molecular flexibility index (Phi) is 3.55. The minimum Gasteiger partial charge on any atom is -0.316 e. The highest BCUT2D eigenvalue weighted by Gasteiger charge is 2.17. The van der Waals surface area contributed by atoms with Crippen molar-refractivity contribution in [3.63, 3.8) is 0 Å². The summed E-state index contributed by atoms with van der Waals surface area (Å²) < 4.78 is 3.99. The molecule has 0 radical (unpaired) electrons. The molecule has 5 aromatic rings. The lowest BCUT2D eigenvalue weighted by Crippen LogP contribution is -1.95. The number of fused-ring (bicyclic) bond motifs is 2. The van der Waals surface area contributed by atoms with Crippen LogP contribution in [0.2, 0.25) is 5.15 Å². The van der Waals surface area contributed by atoms with Gasteiger partial charge in [0, 0.05) is 28.4 Å². The van der Waals surface area contributed by atoms with Crippen LogP contribution in [0.5, 0.6) is 0 Å². The van der Waals surface area contributed by atoms with E-state index in [4.69, 9.17) is 11.6 Å². The molecule has 3 aromatic heterocycles. The van der Waals surface area contributed by atoms with Gasteiger partial charge in [-0.3, -0.25) is 0 Å². The number of hydrogen-bond donors (Lipinski definition) is 0. The predicted molar refractivity (Wildman–Crippen MR) is 110 cm³/mol. The Balaban J connectivity index is 1.88. The first-order valence-electron chi connectivity index (χ1n) is 8.81. The van der Waals surface area contributed by atoms with E-state index in [0.717, 1.165) is 39.1 Å². The lowest BCUT2D eigenvalue weighted by atomic mass is 10.1. The van der Waals surface area contributed by atoms with Gasteiger partial charge in [-0.05, 0) is 37.6 Å². The van der Waals surface area contributed by atoms with Crippen LogP contribution in [0, 0.1) is 13.8 Å². The van der Waals surface area contributed by atoms with Crippen LogP contribution < -0.4 is 0 Å². The summed E-state index contributed by atoms with van der Waals surface area (Å²) >= 11 is 6.32. The van der Waals surface area contributed by atoms with E-state index in [-0.39, 0.29) is 0 Å². The molecule has 0 aliphatic heterocycles. The average molecular weight is 373 g/mol. The summed E-state index contributed by atoms with van der Waals surface area (Å²) in [5, 5.41) is 5.96. The highest BCUT2D eigenvalue weighted by Crippen LogP contribution is 2.35. The van der Waals surface area contributed by atoms with Crippen LogP contribution in [-0.2, 0) is 0 Å². The number of para-hydroxylation sites is 2. The summed E-state index contributed by atoms with van der Waals surface area (Å²) in [6, 6.07) is 18.7. The van der Waals surface area contributed by atoms with E-state index in [1.807, 2.05) is 19.2 Å². The Hall–Kier alpha value is -3.11. The molecule has 3 heterocycles. The fourth-order valence-corrected chi connectivity index (χ4v) is 3.88. The first-order valence-corrected chi connectivity index (χ1v) is 9.18. The van der Waals surface area contributed by atoms with Gasteiger partial charge in [-0.25, -0.2) is 9.50 Å². The third-order valence-corrected chi connectivity index (χ3v) is 5.08. The number of halogens is 1. The molecule has 0 unspecified atom stereocenters. The van der Waals surface area contributed by atoms with Crippen LogP contribution >= 0.6 is 11.6 Å². The van der Waals surface area contributed by atoms with Gasteiger partial charge in [-0.1, -0.05) is 48.0 Å². The summed E-state index contributed by atoms with van der Waals surface area (Å²) in [6.45, 7) is 4.09. The molecule has 0 aliphatic rings. The number of nitrogens with zero attached hydrogens (tertiary/aromatic N) is 4. The van der Waals surface area contributed by atoms with Crippen molar-refractivity contribution in [3.05, 3.63) is 83.4 Å². The molecule has 0 aliphatic carbocycles. The molecule has 2 aromatic carbocycles. The van der Waals surface area contributed by atoms with E-state index < -0.39 is 0 Å². The normalized spacial score (nSPS) is 11.5. The number of benzene rings is 2. The minimum atomic E-state index is 0.447. The molecule has 0 spiro atoms. The molecule has 0 amide bonds. The summed E-state index contributed by atoms with van der Waals surface area (Å²) in [4.78, 5) is 4.67. The zero-order valence-electron chi connectivity index (χ0n) is 15.0. The smallest absolute Gasteiger partial charge is 0.161 e. The van der Waals surface area contributed by atoms with E-state index in [9.17, 15) is 0 Å². The van der Waals surface area contributed by atoms with Crippen molar-refractivity contribution in [3.8, 4) is 16.8 Å². The second-order valence-corrected chi connectivity index (χ2v) is 7.13. The van der Waals surface area contributed by atoms with Gasteiger partial charge >= 0.3 is 0 Å². The lowest BCUT2D eigenvalue weighted by Gasteiger charge is -2.08. The Morgan fingerprint density at radius 2 is 1.67 bits per heavy atom. The van der Waals surface area contributed by atoms with Crippen molar-refractivity contribution in [2.75, 3.05) is 0 Å². The number of imidazole rings is 1. The van der Waals surface area contributed by atoms with Gasteiger partial charge in [-0.15, -0.1) is 0 Å². The third kappa shape index (κ3) is 2.53. The second kappa shape index (κ2) is 5.96. The standard InChI is InChI=1S/C22H17ClN4/c1-14-7-3-5-9-19(14)26-13-18(16-8-4-6-10-20(16)26)17-11-21(23)25-27-12-15(2)24-22(17)27/h3-13H,1-2H3. The molecule has 5 rings (SSSR count). The molecule has 27 heavy (non-hydrogen) atoms. The second-order valence-electron chi connectivity index (χ2n) is 6.75. The maximum absolute atomic E-state index is 6.32. The van der Waals surface area contributed by atoms with Gasteiger partial charge in [0.1, 0.15) is 0 Å². The molecular formula is C22H17ClN4. The van der Waals surface area contributed by atoms with Gasteiger partial charge < -0.3 is 4.57 Å². The van der Waals surface area contributed by atoms with Crippen molar-refractivity contribution >= 4 is 28.2 Å². The topological polar surface area (TPSA) is 35.1 Å². The molecule has 0 atom stereocenters. The first kappa shape index (κ1) is 16.1. The van der Waals surface area contributed by atoms with Crippen LogP contribution in [0.15, 0.2) is 67.0 Å². The largest absolute Gasteiger partial charge is 0.316 e. The van der Waals surface area contributed by atoms with Crippen molar-refractivity contribution < 1.29 is 0 Å². The van der Waals surface area contributed by atoms with Crippen molar-refractivity contribution in [1.82, 2.24) is 19.2 Å². The van der Waals surface area contributed by atoms with E-state index in [0.29, 0.717) is 5.15 Å². The Labute approximate surface area is 161 Å². The molecule has 132 valence electrons. The van der Waals surface area contributed by atoms with E-state index >= 15 is 0 Å². The summed E-state index contributed by atoms with van der Waals surface area (Å²) in [6.07, 6.45) is 4.06. The van der Waals surface area contributed by atoms with E-state index in [2.05, 4.69) is 76.3 Å². The van der Waals surface area contributed by atoms with E-state index in [1.165, 1.54) is 5.56 Å². The number of aryl methyl sites for hydroxylation is 2. The van der Waals surface area contributed by atoms with Crippen molar-refractivity contribution in [2.24, 2.45) is 0 Å². The maximum Gasteiger partial charge on any atom is 0.161 e. The Morgan fingerprint density at radius 3 is 2.52 bits per heavy atom. The highest BCUT2D eigenvalue weighted by atomic mass is 35.5. The summed E-state index contributed by atoms with van der Waals surface area (Å²) in [5.74, 6) is 0. The van der Waals surface area contributed by atoms with Crippen LogP contribution in [0.1, 0.15) is 11.3 Å². The van der Waals surface area contributed by atoms with Gasteiger partial charge in [0.25, 0.3) is 0 Å². The minimum absolute atomic E-state index is 0.447. The van der Waals surface area contributed by atoms with Gasteiger partial charge in [0.2, 0.25) is 0 Å². The molecular weight excluding hydrogens is 356 g/mol. The maximum atomic E-state index is 6.32. The summed E-state index contributed by atoms with van der Waals surface area (Å²) in [5.41, 5.74) is 7.32. The van der Waals surface area contributed by atoms with Gasteiger partial charge in [-0.2, -0.15) is 5.10 Å². The number of aromatic nitrogens is 4. The van der Waals surface area contributed by atoms with Crippen molar-refractivity contribution in [1.29, 1.82) is 0 Å². The van der Waals surface area contributed by atoms with Crippen LogP contribution in [0.4, 0.5) is 0 Å². The third-order valence-electron chi connectivity index (χ3n) is 4.89. The molecule has 5 heteroatoms. The van der Waals surface area contributed by atoms with Crippen LogP contribution in [0.3, 0.4) is 0 Å². The first-order chi connectivity index (χ1) is 13.1. The number of rotatable bonds is 2. The fourth-order valence-electron chi connectivity index (χ4n) is 3.69. The van der Waals surface area contributed by atoms with Gasteiger partial charge in [0.05, 0.1) is 17.4 Å². The molecule has 0 saturated heterocycles. The molecule has 4 nitrogen and oxygen atoms in total. The van der Waals surface area contributed by atoms with Crippen LogP contribution in [0.25, 0.3) is 33.4 Å². The van der Waals surface area contributed by atoms with Crippen LogP contribution in [-0.4, -0.2) is 19.2 Å². The molecule has 0 fully saturated rings. The monoisotopic (exact) mass is 372 g/mol. The SMILES string of the molecule is Cc1cn2nc(Cl)cc(-c3cn(-c4ccccc4C)c4ccccc34)c2n1.